The lowest BCUT2D eigenvalue weighted by Gasteiger charge is -2.18. The largest absolute Gasteiger partial charge is 0.324 e. The minimum atomic E-state index is -0.0427. The van der Waals surface area contributed by atoms with Gasteiger partial charge in [-0.1, -0.05) is 6.07 Å². The van der Waals surface area contributed by atoms with E-state index in [0.717, 1.165) is 17.3 Å². The Labute approximate surface area is 113 Å². The molecule has 2 aromatic rings. The quantitative estimate of drug-likeness (QED) is 0.739. The summed E-state index contributed by atoms with van der Waals surface area (Å²) in [5, 5.41) is -0.0427. The first-order valence-corrected chi connectivity index (χ1v) is 7.14. The predicted octanol–water partition coefficient (Wildman–Crippen LogP) is 4.62. The maximum absolute atomic E-state index is 6.31. The van der Waals surface area contributed by atoms with Gasteiger partial charge in [-0.2, -0.15) is 0 Å². The summed E-state index contributed by atoms with van der Waals surface area (Å²) in [6, 6.07) is 6.99. The van der Waals surface area contributed by atoms with Gasteiger partial charge >= 0.3 is 0 Å². The van der Waals surface area contributed by atoms with Crippen molar-refractivity contribution in [1.29, 1.82) is 0 Å². The summed E-state index contributed by atoms with van der Waals surface area (Å²) >= 11 is 6.31. The number of alkyl halides is 1. The molecule has 2 unspecified atom stereocenters. The summed E-state index contributed by atoms with van der Waals surface area (Å²) in [5.74, 6) is 1.81. The van der Waals surface area contributed by atoms with Gasteiger partial charge in [0.1, 0.15) is 5.82 Å². The number of aromatic nitrogens is 2. The van der Waals surface area contributed by atoms with Crippen LogP contribution in [0.4, 0.5) is 0 Å². The van der Waals surface area contributed by atoms with Gasteiger partial charge in [0, 0.05) is 6.04 Å². The van der Waals surface area contributed by atoms with Crippen molar-refractivity contribution in [3.63, 3.8) is 0 Å². The van der Waals surface area contributed by atoms with Crippen LogP contribution in [0.1, 0.15) is 49.5 Å². The Morgan fingerprint density at radius 1 is 1.33 bits per heavy atom. The van der Waals surface area contributed by atoms with Gasteiger partial charge in [-0.3, -0.25) is 0 Å². The van der Waals surface area contributed by atoms with Gasteiger partial charge in [0.25, 0.3) is 0 Å². The first kappa shape index (κ1) is 12.0. The molecule has 96 valence electrons. The number of nitrogens with zero attached hydrogens (tertiary/aromatic N) is 2. The Hall–Kier alpha value is -1.02. The van der Waals surface area contributed by atoms with Gasteiger partial charge in [-0.05, 0) is 57.2 Å². The zero-order valence-corrected chi connectivity index (χ0v) is 11.9. The van der Waals surface area contributed by atoms with Crippen molar-refractivity contribution in [1.82, 2.24) is 9.55 Å². The number of hydrogen-bond donors (Lipinski definition) is 0. The van der Waals surface area contributed by atoms with Crippen molar-refractivity contribution in [3.05, 3.63) is 29.6 Å². The highest BCUT2D eigenvalue weighted by molar-refractivity contribution is 6.20. The highest BCUT2D eigenvalue weighted by Gasteiger charge is 2.32. The number of aryl methyl sites for hydroxylation is 1. The summed E-state index contributed by atoms with van der Waals surface area (Å²) < 4.78 is 2.35. The van der Waals surface area contributed by atoms with Crippen molar-refractivity contribution in [2.75, 3.05) is 0 Å². The number of rotatable bonds is 3. The molecule has 3 rings (SSSR count). The minimum Gasteiger partial charge on any atom is -0.324 e. The van der Waals surface area contributed by atoms with Crippen molar-refractivity contribution < 1.29 is 0 Å². The standard InChI is InChI=1S/C15H19ClN2/c1-9-4-7-14-13(8-9)17-15(10(2)16)18(14)11(3)12-5-6-12/h4,7-8,10-12H,5-6H2,1-3H3. The molecule has 0 bridgehead atoms. The van der Waals surface area contributed by atoms with E-state index in [1.54, 1.807) is 0 Å². The normalized spacial score (nSPS) is 19.1. The molecule has 3 heteroatoms. The van der Waals surface area contributed by atoms with Crippen LogP contribution in [0, 0.1) is 12.8 Å². The predicted molar refractivity (Wildman–Crippen MR) is 76.2 cm³/mol. The lowest BCUT2D eigenvalue weighted by Crippen LogP contribution is -2.11. The molecule has 1 aromatic carbocycles. The molecule has 1 aromatic heterocycles. The summed E-state index contributed by atoms with van der Waals surface area (Å²) in [7, 11) is 0. The molecular weight excluding hydrogens is 244 g/mol. The molecular formula is C15H19ClN2. The van der Waals surface area contributed by atoms with E-state index in [2.05, 4.69) is 36.6 Å². The topological polar surface area (TPSA) is 17.8 Å². The number of imidazole rings is 1. The second kappa shape index (κ2) is 4.27. The van der Waals surface area contributed by atoms with Gasteiger partial charge in [-0.25, -0.2) is 4.98 Å². The highest BCUT2D eigenvalue weighted by Crippen LogP contribution is 2.42. The third kappa shape index (κ3) is 1.93. The van der Waals surface area contributed by atoms with Crippen LogP contribution < -0.4 is 0 Å². The first-order chi connectivity index (χ1) is 8.58. The lowest BCUT2D eigenvalue weighted by atomic mass is 10.2. The monoisotopic (exact) mass is 262 g/mol. The maximum atomic E-state index is 6.31. The molecule has 1 aliphatic rings. The van der Waals surface area contributed by atoms with Gasteiger partial charge in [0.15, 0.2) is 0 Å². The van der Waals surface area contributed by atoms with Crippen LogP contribution in [0.15, 0.2) is 18.2 Å². The molecule has 1 fully saturated rings. The molecule has 0 amide bonds. The Balaban J connectivity index is 2.21. The van der Waals surface area contributed by atoms with E-state index in [9.17, 15) is 0 Å². The molecule has 2 nitrogen and oxygen atoms in total. The van der Waals surface area contributed by atoms with Crippen LogP contribution >= 0.6 is 11.6 Å². The molecule has 0 radical (unpaired) electrons. The Bertz CT molecular complexity index is 581. The minimum absolute atomic E-state index is 0.0427. The third-order valence-electron chi connectivity index (χ3n) is 3.94. The highest BCUT2D eigenvalue weighted by atomic mass is 35.5. The fourth-order valence-corrected chi connectivity index (χ4v) is 2.88. The lowest BCUT2D eigenvalue weighted by molar-refractivity contribution is 0.480. The van der Waals surface area contributed by atoms with E-state index in [-0.39, 0.29) is 5.38 Å². The van der Waals surface area contributed by atoms with E-state index in [1.807, 2.05) is 6.92 Å². The van der Waals surface area contributed by atoms with E-state index in [0.29, 0.717) is 6.04 Å². The van der Waals surface area contributed by atoms with Crippen LogP contribution in [0.25, 0.3) is 11.0 Å². The molecule has 18 heavy (non-hydrogen) atoms. The molecule has 1 saturated carbocycles. The average molecular weight is 263 g/mol. The van der Waals surface area contributed by atoms with Crippen LogP contribution in [-0.2, 0) is 0 Å². The van der Waals surface area contributed by atoms with Crippen molar-refractivity contribution in [2.45, 2.75) is 45.0 Å². The molecule has 0 N–H and O–H groups in total. The summed E-state index contributed by atoms with van der Waals surface area (Å²) in [6.07, 6.45) is 2.67. The van der Waals surface area contributed by atoms with Crippen LogP contribution in [0.2, 0.25) is 0 Å². The smallest absolute Gasteiger partial charge is 0.127 e. The first-order valence-electron chi connectivity index (χ1n) is 6.70. The second-order valence-corrected chi connectivity index (χ2v) is 6.18. The van der Waals surface area contributed by atoms with Crippen molar-refractivity contribution in [3.8, 4) is 0 Å². The van der Waals surface area contributed by atoms with Gasteiger partial charge < -0.3 is 4.57 Å². The van der Waals surface area contributed by atoms with E-state index >= 15 is 0 Å². The van der Waals surface area contributed by atoms with Gasteiger partial charge in [0.05, 0.1) is 16.4 Å². The second-order valence-electron chi connectivity index (χ2n) is 5.53. The van der Waals surface area contributed by atoms with Crippen LogP contribution in [0.3, 0.4) is 0 Å². The zero-order chi connectivity index (χ0) is 12.9. The van der Waals surface area contributed by atoms with Crippen molar-refractivity contribution >= 4 is 22.6 Å². The van der Waals surface area contributed by atoms with E-state index in [1.165, 1.54) is 23.9 Å². The van der Waals surface area contributed by atoms with Gasteiger partial charge in [-0.15, -0.1) is 11.6 Å². The fraction of sp³-hybridized carbons (Fsp3) is 0.533. The molecule has 2 atom stereocenters. The number of benzene rings is 1. The van der Waals surface area contributed by atoms with E-state index < -0.39 is 0 Å². The number of halogens is 1. The zero-order valence-electron chi connectivity index (χ0n) is 11.2. The molecule has 1 heterocycles. The SMILES string of the molecule is Cc1ccc2c(c1)nc(C(C)Cl)n2C(C)C1CC1. The summed E-state index contributed by atoms with van der Waals surface area (Å²) in [4.78, 5) is 4.74. The van der Waals surface area contributed by atoms with Crippen molar-refractivity contribution in [2.24, 2.45) is 5.92 Å². The number of fused-ring (bicyclic) bond motifs is 1. The molecule has 1 aliphatic carbocycles. The summed E-state index contributed by atoms with van der Waals surface area (Å²) in [6.45, 7) is 6.40. The van der Waals surface area contributed by atoms with Crippen LogP contribution in [-0.4, -0.2) is 9.55 Å². The maximum Gasteiger partial charge on any atom is 0.127 e. The fourth-order valence-electron chi connectivity index (χ4n) is 2.73. The van der Waals surface area contributed by atoms with Gasteiger partial charge in [0.2, 0.25) is 0 Å². The molecule has 0 saturated heterocycles. The van der Waals surface area contributed by atoms with E-state index in [4.69, 9.17) is 16.6 Å². The number of hydrogen-bond acceptors (Lipinski definition) is 1. The Morgan fingerprint density at radius 2 is 2.06 bits per heavy atom. The third-order valence-corrected chi connectivity index (χ3v) is 4.13. The summed E-state index contributed by atoms with van der Waals surface area (Å²) in [5.41, 5.74) is 3.55. The Kier molecular flexibility index (Phi) is 2.86. The Morgan fingerprint density at radius 3 is 2.67 bits per heavy atom. The molecule has 0 aliphatic heterocycles. The molecule has 0 spiro atoms. The van der Waals surface area contributed by atoms with Crippen LogP contribution in [0.5, 0.6) is 0 Å². The average Bonchev–Trinajstić information content (AvgIpc) is 3.08.